The van der Waals surface area contributed by atoms with Crippen LogP contribution in [-0.2, 0) is 16.6 Å². The van der Waals surface area contributed by atoms with E-state index in [2.05, 4.69) is 10.3 Å². The van der Waals surface area contributed by atoms with Crippen LogP contribution in [0.5, 0.6) is 5.75 Å². The van der Waals surface area contributed by atoms with Gasteiger partial charge < -0.3 is 4.74 Å². The van der Waals surface area contributed by atoms with Crippen molar-refractivity contribution in [3.63, 3.8) is 0 Å². The van der Waals surface area contributed by atoms with Crippen LogP contribution in [0.15, 0.2) is 59.6 Å². The molecule has 6 nitrogen and oxygen atoms in total. The van der Waals surface area contributed by atoms with Crippen molar-refractivity contribution in [3.05, 3.63) is 71.0 Å². The van der Waals surface area contributed by atoms with E-state index in [0.29, 0.717) is 16.5 Å². The molecule has 0 N–H and O–H groups in total. The van der Waals surface area contributed by atoms with Gasteiger partial charge in [-0.2, -0.15) is 8.42 Å². The highest BCUT2D eigenvalue weighted by molar-refractivity contribution is 7.89. The van der Waals surface area contributed by atoms with Crippen molar-refractivity contribution in [2.24, 2.45) is 0 Å². The number of hydrogen-bond acceptors (Lipinski definition) is 5. The highest BCUT2D eigenvalue weighted by Crippen LogP contribution is 2.17. The average Bonchev–Trinajstić information content (AvgIpc) is 3.04. The number of halogens is 1. The number of ether oxygens (including phenoxy) is 1. The Bertz CT molecular complexity index is 935. The van der Waals surface area contributed by atoms with Gasteiger partial charge in [0.1, 0.15) is 18.1 Å². The number of aryl methyl sites for hydroxylation is 1. The SMILES string of the molecule is Cc1ccc(S(=O)(=O)n2cc(COc3ccc(Cl)cc3)nn2)cc1. The minimum atomic E-state index is -3.75. The molecule has 24 heavy (non-hydrogen) atoms. The second-order valence-corrected chi connectivity index (χ2v) is 7.38. The fraction of sp³-hybridized carbons (Fsp3) is 0.125. The van der Waals surface area contributed by atoms with Gasteiger partial charge in [-0.1, -0.05) is 34.5 Å². The first kappa shape index (κ1) is 16.5. The second-order valence-electron chi connectivity index (χ2n) is 5.14. The largest absolute Gasteiger partial charge is 0.487 e. The van der Waals surface area contributed by atoms with Crippen molar-refractivity contribution in [1.82, 2.24) is 14.4 Å². The summed E-state index contributed by atoms with van der Waals surface area (Å²) in [5.74, 6) is 0.607. The third-order valence-electron chi connectivity index (χ3n) is 3.29. The molecule has 8 heteroatoms. The van der Waals surface area contributed by atoms with Crippen LogP contribution in [0, 0.1) is 6.92 Å². The Hall–Kier alpha value is -2.38. The molecule has 1 heterocycles. The minimum Gasteiger partial charge on any atom is -0.487 e. The van der Waals surface area contributed by atoms with Crippen LogP contribution in [0.25, 0.3) is 0 Å². The molecule has 124 valence electrons. The van der Waals surface area contributed by atoms with Gasteiger partial charge in [0.25, 0.3) is 10.0 Å². The Morgan fingerprint density at radius 3 is 2.42 bits per heavy atom. The van der Waals surface area contributed by atoms with Gasteiger partial charge in [-0.3, -0.25) is 0 Å². The van der Waals surface area contributed by atoms with Crippen molar-refractivity contribution in [2.45, 2.75) is 18.4 Å². The van der Waals surface area contributed by atoms with Gasteiger partial charge in [-0.25, -0.2) is 0 Å². The van der Waals surface area contributed by atoms with Gasteiger partial charge in [0.15, 0.2) is 0 Å². The van der Waals surface area contributed by atoms with Crippen LogP contribution in [0.2, 0.25) is 5.02 Å². The molecule has 1 aromatic heterocycles. The number of aromatic nitrogens is 3. The van der Waals surface area contributed by atoms with Gasteiger partial charge in [0.05, 0.1) is 11.1 Å². The fourth-order valence-corrected chi connectivity index (χ4v) is 3.19. The lowest BCUT2D eigenvalue weighted by Crippen LogP contribution is -2.13. The molecule has 0 unspecified atom stereocenters. The lowest BCUT2D eigenvalue weighted by Gasteiger charge is -2.04. The van der Waals surface area contributed by atoms with Crippen molar-refractivity contribution < 1.29 is 13.2 Å². The molecule has 0 aliphatic heterocycles. The fourth-order valence-electron chi connectivity index (χ4n) is 1.97. The molecule has 0 radical (unpaired) electrons. The summed E-state index contributed by atoms with van der Waals surface area (Å²) in [6.07, 6.45) is 1.34. The van der Waals surface area contributed by atoms with Gasteiger partial charge in [0, 0.05) is 5.02 Å². The summed E-state index contributed by atoms with van der Waals surface area (Å²) in [6.45, 7) is 1.99. The maximum atomic E-state index is 12.5. The molecule has 0 aliphatic rings. The zero-order chi connectivity index (χ0) is 17.2. The minimum absolute atomic E-state index is 0.102. The molecule has 0 saturated heterocycles. The molecule has 3 aromatic rings. The van der Waals surface area contributed by atoms with Crippen LogP contribution >= 0.6 is 11.6 Å². The monoisotopic (exact) mass is 363 g/mol. The quantitative estimate of drug-likeness (QED) is 0.696. The van der Waals surface area contributed by atoms with E-state index in [0.717, 1.165) is 9.65 Å². The molecule has 0 amide bonds. The molecule has 3 rings (SSSR count). The topological polar surface area (TPSA) is 74.1 Å². The van der Waals surface area contributed by atoms with Gasteiger partial charge in [-0.15, -0.1) is 9.19 Å². The zero-order valence-electron chi connectivity index (χ0n) is 12.8. The summed E-state index contributed by atoms with van der Waals surface area (Å²) in [5, 5.41) is 8.14. The van der Waals surface area contributed by atoms with Gasteiger partial charge >= 0.3 is 0 Å². The Morgan fingerprint density at radius 2 is 1.75 bits per heavy atom. The summed E-state index contributed by atoms with van der Waals surface area (Å²) in [7, 11) is -3.75. The van der Waals surface area contributed by atoms with Crippen molar-refractivity contribution >= 4 is 21.6 Å². The molecular formula is C16H14ClN3O3S. The number of hydrogen-bond donors (Lipinski definition) is 0. The maximum absolute atomic E-state index is 12.5. The standard InChI is InChI=1S/C16H14ClN3O3S/c1-12-2-8-16(9-3-12)24(21,22)20-10-14(18-19-20)11-23-15-6-4-13(17)5-7-15/h2-10H,11H2,1H3. The van der Waals surface area contributed by atoms with Crippen LogP contribution in [0.3, 0.4) is 0 Å². The highest BCUT2D eigenvalue weighted by Gasteiger charge is 2.18. The third-order valence-corrected chi connectivity index (χ3v) is 5.08. The summed E-state index contributed by atoms with van der Waals surface area (Å²) < 4.78 is 31.3. The van der Waals surface area contributed by atoms with E-state index in [4.69, 9.17) is 16.3 Å². The lowest BCUT2D eigenvalue weighted by atomic mass is 10.2. The van der Waals surface area contributed by atoms with Crippen LogP contribution in [0.4, 0.5) is 0 Å². The van der Waals surface area contributed by atoms with E-state index >= 15 is 0 Å². The van der Waals surface area contributed by atoms with Crippen molar-refractivity contribution in [3.8, 4) is 5.75 Å². The average molecular weight is 364 g/mol. The van der Waals surface area contributed by atoms with Gasteiger partial charge in [-0.05, 0) is 43.3 Å². The molecule has 0 saturated carbocycles. The van der Waals surface area contributed by atoms with E-state index in [9.17, 15) is 8.42 Å². The Kier molecular flexibility index (Phi) is 4.55. The molecule has 2 aromatic carbocycles. The Morgan fingerprint density at radius 1 is 1.08 bits per heavy atom. The molecule has 0 spiro atoms. The smallest absolute Gasteiger partial charge is 0.284 e. The second kappa shape index (κ2) is 6.62. The van der Waals surface area contributed by atoms with E-state index in [1.54, 1.807) is 36.4 Å². The third kappa shape index (κ3) is 3.58. The van der Waals surface area contributed by atoms with E-state index < -0.39 is 10.0 Å². The van der Waals surface area contributed by atoms with Crippen molar-refractivity contribution in [1.29, 1.82) is 0 Å². The van der Waals surface area contributed by atoms with Crippen LogP contribution in [-0.4, -0.2) is 22.8 Å². The van der Waals surface area contributed by atoms with Crippen molar-refractivity contribution in [2.75, 3.05) is 0 Å². The first-order valence-electron chi connectivity index (χ1n) is 7.07. The van der Waals surface area contributed by atoms with E-state index in [-0.39, 0.29) is 11.5 Å². The lowest BCUT2D eigenvalue weighted by molar-refractivity contribution is 0.301. The van der Waals surface area contributed by atoms with Crippen LogP contribution < -0.4 is 4.74 Å². The predicted octanol–water partition coefficient (Wildman–Crippen LogP) is 3.06. The number of benzene rings is 2. The number of nitrogens with zero attached hydrogens (tertiary/aromatic N) is 3. The summed E-state index contributed by atoms with van der Waals surface area (Å²) >= 11 is 5.80. The van der Waals surface area contributed by atoms with E-state index in [1.165, 1.54) is 18.3 Å². The first-order valence-corrected chi connectivity index (χ1v) is 8.89. The van der Waals surface area contributed by atoms with E-state index in [1.807, 2.05) is 6.92 Å². The number of rotatable bonds is 5. The maximum Gasteiger partial charge on any atom is 0.284 e. The zero-order valence-corrected chi connectivity index (χ0v) is 14.3. The van der Waals surface area contributed by atoms with Crippen LogP contribution in [0.1, 0.15) is 11.3 Å². The summed E-state index contributed by atoms with van der Waals surface area (Å²) in [6, 6.07) is 13.4. The first-order chi connectivity index (χ1) is 11.4. The molecular weight excluding hydrogens is 350 g/mol. The highest BCUT2D eigenvalue weighted by atomic mass is 35.5. The molecule has 0 aliphatic carbocycles. The molecule has 0 fully saturated rings. The predicted molar refractivity (Wildman–Crippen MR) is 89.6 cm³/mol. The van der Waals surface area contributed by atoms with Gasteiger partial charge in [0.2, 0.25) is 0 Å². The molecule has 0 bridgehead atoms. The Labute approximate surface area is 144 Å². The normalized spacial score (nSPS) is 11.4. The molecule has 0 atom stereocenters. The summed E-state index contributed by atoms with van der Waals surface area (Å²) in [4.78, 5) is 0.156. The Balaban J connectivity index is 1.75. The summed E-state index contributed by atoms with van der Waals surface area (Å²) in [5.41, 5.74) is 1.38.